The van der Waals surface area contributed by atoms with Gasteiger partial charge in [0.1, 0.15) is 11.4 Å². The number of halogens is 3. The summed E-state index contributed by atoms with van der Waals surface area (Å²) in [6, 6.07) is 2.84. The van der Waals surface area contributed by atoms with Crippen LogP contribution in [0.4, 0.5) is 13.2 Å². The van der Waals surface area contributed by atoms with Crippen LogP contribution in [0.5, 0.6) is 0 Å². The highest BCUT2D eigenvalue weighted by Gasteiger charge is 2.41. The molecule has 0 aliphatic heterocycles. The first-order valence-electron chi connectivity index (χ1n) is 5.77. The Morgan fingerprint density at radius 2 is 1.95 bits per heavy atom. The number of carbonyl (C=O) groups is 1. The number of carboxylic acid groups (broad SMARTS) is 1. The van der Waals surface area contributed by atoms with Gasteiger partial charge in [-0.05, 0) is 37.6 Å². The summed E-state index contributed by atoms with van der Waals surface area (Å²) in [4.78, 5) is 10.1. The second-order valence-corrected chi connectivity index (χ2v) is 6.54. The second kappa shape index (κ2) is 6.02. The van der Waals surface area contributed by atoms with Crippen LogP contribution in [0, 0.1) is 12.7 Å². The van der Waals surface area contributed by atoms with Crippen molar-refractivity contribution in [2.24, 2.45) is 0 Å². The summed E-state index contributed by atoms with van der Waals surface area (Å²) in [5, 5.41) is 8.63. The maximum Gasteiger partial charge on any atom is 0.305 e. The van der Waals surface area contributed by atoms with Gasteiger partial charge >= 0.3 is 5.97 Å². The number of rotatable bonds is 6. The van der Waals surface area contributed by atoms with Crippen molar-refractivity contribution in [3.63, 3.8) is 0 Å². The molecule has 0 radical (unpaired) electrons. The summed E-state index contributed by atoms with van der Waals surface area (Å²) in [7, 11) is -4.49. The SMILES string of the molecule is Cc1cc(F)cc(S(=O)(=O)NC(C)(CC(=O)O)C(F)F)c1. The normalized spacial score (nSPS) is 15.0. The smallest absolute Gasteiger partial charge is 0.305 e. The van der Waals surface area contributed by atoms with Gasteiger partial charge in [0.05, 0.1) is 11.3 Å². The largest absolute Gasteiger partial charge is 0.481 e. The number of hydrogen-bond acceptors (Lipinski definition) is 3. The summed E-state index contributed by atoms with van der Waals surface area (Å²) in [6.07, 6.45) is -4.36. The molecule has 0 saturated carbocycles. The van der Waals surface area contributed by atoms with E-state index in [1.807, 2.05) is 0 Å². The zero-order valence-corrected chi connectivity index (χ0v) is 12.0. The molecule has 0 aromatic heterocycles. The zero-order valence-electron chi connectivity index (χ0n) is 11.2. The average molecular weight is 325 g/mol. The van der Waals surface area contributed by atoms with Crippen molar-refractivity contribution >= 4 is 16.0 Å². The molecule has 0 amide bonds. The molecule has 118 valence electrons. The van der Waals surface area contributed by atoms with Gasteiger partial charge in [-0.2, -0.15) is 4.72 Å². The molecule has 2 N–H and O–H groups in total. The lowest BCUT2D eigenvalue weighted by atomic mass is 10.0. The minimum absolute atomic E-state index is 0.285. The van der Waals surface area contributed by atoms with Crippen LogP contribution >= 0.6 is 0 Å². The van der Waals surface area contributed by atoms with Crippen molar-refractivity contribution in [1.29, 1.82) is 0 Å². The maximum absolute atomic E-state index is 13.2. The summed E-state index contributed by atoms with van der Waals surface area (Å²) in [6.45, 7) is 2.21. The lowest BCUT2D eigenvalue weighted by Crippen LogP contribution is -2.52. The summed E-state index contributed by atoms with van der Waals surface area (Å²) in [5.41, 5.74) is -2.21. The third kappa shape index (κ3) is 4.43. The van der Waals surface area contributed by atoms with Crippen LogP contribution < -0.4 is 4.72 Å². The van der Waals surface area contributed by atoms with Crippen LogP contribution in [0.1, 0.15) is 18.9 Å². The quantitative estimate of drug-likeness (QED) is 0.837. The summed E-state index contributed by atoms with van der Waals surface area (Å²) in [5.74, 6) is -2.43. The Labute approximate surface area is 119 Å². The molecule has 1 unspecified atom stereocenters. The summed E-state index contributed by atoms with van der Waals surface area (Å²) < 4.78 is 64.9. The van der Waals surface area contributed by atoms with Gasteiger partial charge in [-0.25, -0.2) is 21.6 Å². The first kappa shape index (κ1) is 17.4. The topological polar surface area (TPSA) is 83.5 Å². The maximum atomic E-state index is 13.2. The fourth-order valence-electron chi connectivity index (χ4n) is 1.70. The van der Waals surface area contributed by atoms with Crippen LogP contribution in [-0.4, -0.2) is 31.5 Å². The molecule has 0 bridgehead atoms. The van der Waals surface area contributed by atoms with E-state index in [-0.39, 0.29) is 5.56 Å². The van der Waals surface area contributed by atoms with Crippen molar-refractivity contribution in [3.05, 3.63) is 29.6 Å². The predicted molar refractivity (Wildman–Crippen MR) is 68.1 cm³/mol. The number of benzene rings is 1. The van der Waals surface area contributed by atoms with E-state index >= 15 is 0 Å². The lowest BCUT2D eigenvalue weighted by Gasteiger charge is -2.28. The minimum atomic E-state index is -4.49. The van der Waals surface area contributed by atoms with Crippen LogP contribution in [-0.2, 0) is 14.8 Å². The van der Waals surface area contributed by atoms with Gasteiger partial charge in [-0.15, -0.1) is 0 Å². The predicted octanol–water partition coefficient (Wildman–Crippen LogP) is 1.91. The molecule has 1 aromatic rings. The second-order valence-electron chi connectivity index (χ2n) is 4.86. The third-order valence-corrected chi connectivity index (χ3v) is 4.28. The monoisotopic (exact) mass is 325 g/mol. The number of alkyl halides is 2. The first-order valence-corrected chi connectivity index (χ1v) is 7.26. The minimum Gasteiger partial charge on any atom is -0.481 e. The van der Waals surface area contributed by atoms with Gasteiger partial charge in [0.15, 0.2) is 0 Å². The van der Waals surface area contributed by atoms with Gasteiger partial charge in [-0.3, -0.25) is 4.79 Å². The Balaban J connectivity index is 3.20. The Hall–Kier alpha value is -1.61. The Morgan fingerprint density at radius 3 is 2.38 bits per heavy atom. The zero-order chi connectivity index (χ0) is 16.4. The molecule has 1 rings (SSSR count). The highest BCUT2D eigenvalue weighted by atomic mass is 32.2. The third-order valence-electron chi connectivity index (χ3n) is 2.69. The van der Waals surface area contributed by atoms with E-state index in [2.05, 4.69) is 0 Å². The highest BCUT2D eigenvalue weighted by Crippen LogP contribution is 2.24. The lowest BCUT2D eigenvalue weighted by molar-refractivity contribution is -0.140. The molecule has 0 heterocycles. The van der Waals surface area contributed by atoms with E-state index in [0.717, 1.165) is 19.1 Å². The Bertz CT molecular complexity index is 628. The van der Waals surface area contributed by atoms with E-state index in [4.69, 9.17) is 5.11 Å². The van der Waals surface area contributed by atoms with Gasteiger partial charge in [0.25, 0.3) is 6.43 Å². The molecule has 21 heavy (non-hydrogen) atoms. The highest BCUT2D eigenvalue weighted by molar-refractivity contribution is 7.89. The van der Waals surface area contributed by atoms with Crippen molar-refractivity contribution in [3.8, 4) is 0 Å². The molecule has 0 aliphatic carbocycles. The van der Waals surface area contributed by atoms with E-state index in [9.17, 15) is 26.4 Å². The molecule has 0 saturated heterocycles. The van der Waals surface area contributed by atoms with Crippen molar-refractivity contribution in [1.82, 2.24) is 4.72 Å². The molecule has 0 fully saturated rings. The first-order chi connectivity index (χ1) is 9.46. The van der Waals surface area contributed by atoms with Gasteiger partial charge in [-0.1, -0.05) is 0 Å². The molecule has 5 nitrogen and oxygen atoms in total. The molecule has 0 aliphatic rings. The van der Waals surface area contributed by atoms with E-state index in [1.54, 1.807) is 4.72 Å². The standard InChI is InChI=1S/C12H14F3NO4S/c1-7-3-8(13)5-9(4-7)21(19,20)16-12(2,11(14)15)6-10(17)18/h3-5,11,16H,6H2,1-2H3,(H,17,18). The van der Waals surface area contributed by atoms with Crippen molar-refractivity contribution < 1.29 is 31.5 Å². The van der Waals surface area contributed by atoms with Crippen molar-refractivity contribution in [2.45, 2.75) is 37.1 Å². The molecule has 1 atom stereocenters. The Kier molecular flexibility index (Phi) is 5.00. The Morgan fingerprint density at radius 1 is 1.38 bits per heavy atom. The average Bonchev–Trinajstić information content (AvgIpc) is 2.25. The van der Waals surface area contributed by atoms with Crippen LogP contribution in [0.25, 0.3) is 0 Å². The van der Waals surface area contributed by atoms with Crippen LogP contribution in [0.3, 0.4) is 0 Å². The van der Waals surface area contributed by atoms with Crippen LogP contribution in [0.15, 0.2) is 23.1 Å². The molecular weight excluding hydrogens is 311 g/mol. The number of aryl methyl sites for hydroxylation is 1. The summed E-state index contributed by atoms with van der Waals surface area (Å²) >= 11 is 0. The molecule has 9 heteroatoms. The molecule has 0 spiro atoms. The number of nitrogens with one attached hydrogen (secondary N) is 1. The van der Waals surface area contributed by atoms with Gasteiger partial charge in [0, 0.05) is 0 Å². The van der Waals surface area contributed by atoms with E-state index in [1.165, 1.54) is 6.92 Å². The number of aliphatic carboxylic acids is 1. The van der Waals surface area contributed by atoms with Crippen molar-refractivity contribution in [2.75, 3.05) is 0 Å². The molecular formula is C12H14F3NO4S. The number of sulfonamides is 1. The van der Waals surface area contributed by atoms with Gasteiger partial charge in [0.2, 0.25) is 10.0 Å². The van der Waals surface area contributed by atoms with Crippen LogP contribution in [0.2, 0.25) is 0 Å². The molecule has 1 aromatic carbocycles. The van der Waals surface area contributed by atoms with E-state index < -0.39 is 45.1 Å². The van der Waals surface area contributed by atoms with Gasteiger partial charge < -0.3 is 5.11 Å². The number of hydrogen-bond donors (Lipinski definition) is 2. The fraction of sp³-hybridized carbons (Fsp3) is 0.417. The number of carboxylic acids is 1. The fourth-order valence-corrected chi connectivity index (χ4v) is 3.20. The van der Waals surface area contributed by atoms with E-state index in [0.29, 0.717) is 6.07 Å².